The first-order valence-electron chi connectivity index (χ1n) is 7.21. The van der Waals surface area contributed by atoms with Crippen LogP contribution in [-0.4, -0.2) is 32.3 Å². The molecule has 0 aromatic heterocycles. The molecule has 4 heteroatoms. The molecule has 0 saturated carbocycles. The van der Waals surface area contributed by atoms with Crippen molar-refractivity contribution in [1.82, 2.24) is 5.32 Å². The zero-order chi connectivity index (χ0) is 14.8. The van der Waals surface area contributed by atoms with E-state index < -0.39 is 0 Å². The van der Waals surface area contributed by atoms with Crippen molar-refractivity contribution in [3.8, 4) is 5.75 Å². The molecule has 0 fully saturated rings. The van der Waals surface area contributed by atoms with Gasteiger partial charge in [-0.15, -0.1) is 0 Å². The van der Waals surface area contributed by atoms with E-state index in [1.54, 1.807) is 7.11 Å². The number of methoxy groups -OCH3 is 1. The predicted octanol–water partition coefficient (Wildman–Crippen LogP) is 2.56. The number of esters is 1. The summed E-state index contributed by atoms with van der Waals surface area (Å²) in [5.41, 5.74) is 1.18. The normalized spacial score (nSPS) is 11.9. The molecule has 0 bridgehead atoms. The van der Waals surface area contributed by atoms with Crippen LogP contribution in [0.25, 0.3) is 0 Å². The second kappa shape index (κ2) is 9.37. The molecule has 1 atom stereocenters. The summed E-state index contributed by atoms with van der Waals surface area (Å²) in [6.45, 7) is 5.28. The number of carbonyl (C=O) groups excluding carboxylic acids is 1. The molecule has 4 nitrogen and oxygen atoms in total. The molecule has 0 amide bonds. The van der Waals surface area contributed by atoms with Crippen LogP contribution in [0.15, 0.2) is 24.3 Å². The van der Waals surface area contributed by atoms with Crippen molar-refractivity contribution in [2.45, 2.75) is 39.2 Å². The fourth-order valence-electron chi connectivity index (χ4n) is 2.03. The number of rotatable bonds is 9. The first kappa shape index (κ1) is 16.5. The zero-order valence-electron chi connectivity index (χ0n) is 12.6. The van der Waals surface area contributed by atoms with Crippen LogP contribution in [0.3, 0.4) is 0 Å². The maximum absolute atomic E-state index is 11.6. The van der Waals surface area contributed by atoms with E-state index in [1.165, 1.54) is 5.56 Å². The third-order valence-electron chi connectivity index (χ3n) is 3.04. The summed E-state index contributed by atoms with van der Waals surface area (Å²) < 4.78 is 10.2. The third-order valence-corrected chi connectivity index (χ3v) is 3.04. The minimum atomic E-state index is -0.144. The van der Waals surface area contributed by atoms with Gasteiger partial charge in [-0.1, -0.05) is 19.1 Å². The molecule has 0 aliphatic carbocycles. The van der Waals surface area contributed by atoms with E-state index in [2.05, 4.69) is 12.2 Å². The fourth-order valence-corrected chi connectivity index (χ4v) is 2.03. The quantitative estimate of drug-likeness (QED) is 0.706. The van der Waals surface area contributed by atoms with E-state index in [9.17, 15) is 4.79 Å². The molecule has 1 aromatic rings. The fraction of sp³-hybridized carbons (Fsp3) is 0.562. The lowest BCUT2D eigenvalue weighted by molar-refractivity contribution is -0.143. The molecule has 0 radical (unpaired) electrons. The molecular formula is C16H25NO3. The third kappa shape index (κ3) is 6.06. The van der Waals surface area contributed by atoms with Crippen molar-refractivity contribution in [1.29, 1.82) is 0 Å². The molecule has 0 saturated heterocycles. The monoisotopic (exact) mass is 279 g/mol. The second-order valence-corrected chi connectivity index (χ2v) is 4.71. The topological polar surface area (TPSA) is 47.6 Å². The SMILES string of the molecule is CCCNC(CC(=O)OCC)Cc1ccc(OC)cc1. The van der Waals surface area contributed by atoms with Crippen LogP contribution in [0.1, 0.15) is 32.3 Å². The van der Waals surface area contributed by atoms with Crippen LogP contribution >= 0.6 is 0 Å². The smallest absolute Gasteiger partial charge is 0.307 e. The molecule has 1 N–H and O–H groups in total. The highest BCUT2D eigenvalue weighted by Crippen LogP contribution is 2.14. The highest BCUT2D eigenvalue weighted by molar-refractivity contribution is 5.70. The first-order chi connectivity index (χ1) is 9.69. The van der Waals surface area contributed by atoms with Gasteiger partial charge >= 0.3 is 5.97 Å². The minimum Gasteiger partial charge on any atom is -0.497 e. The molecule has 1 aromatic carbocycles. The molecule has 1 rings (SSSR count). The maximum atomic E-state index is 11.6. The van der Waals surface area contributed by atoms with Crippen LogP contribution in [0.2, 0.25) is 0 Å². The van der Waals surface area contributed by atoms with Gasteiger partial charge in [-0.3, -0.25) is 4.79 Å². The Morgan fingerprint density at radius 2 is 1.95 bits per heavy atom. The molecular weight excluding hydrogens is 254 g/mol. The Kier molecular flexibility index (Phi) is 7.73. The molecule has 0 spiro atoms. The van der Waals surface area contributed by atoms with Gasteiger partial charge in [0.1, 0.15) is 5.75 Å². The summed E-state index contributed by atoms with van der Waals surface area (Å²) in [5, 5.41) is 3.40. The maximum Gasteiger partial charge on any atom is 0.307 e. The summed E-state index contributed by atoms with van der Waals surface area (Å²) >= 11 is 0. The average molecular weight is 279 g/mol. The van der Waals surface area contributed by atoms with Crippen molar-refractivity contribution in [3.05, 3.63) is 29.8 Å². The largest absolute Gasteiger partial charge is 0.497 e. The van der Waals surface area contributed by atoms with Gasteiger partial charge in [0.25, 0.3) is 0 Å². The van der Waals surface area contributed by atoms with Gasteiger partial charge in [0.05, 0.1) is 20.1 Å². The Hall–Kier alpha value is -1.55. The lowest BCUT2D eigenvalue weighted by Crippen LogP contribution is -2.34. The van der Waals surface area contributed by atoms with Gasteiger partial charge < -0.3 is 14.8 Å². The summed E-state index contributed by atoms with van der Waals surface area (Å²) in [6.07, 6.45) is 2.25. The zero-order valence-corrected chi connectivity index (χ0v) is 12.6. The Morgan fingerprint density at radius 1 is 1.25 bits per heavy atom. The summed E-state index contributed by atoms with van der Waals surface area (Å²) in [6, 6.07) is 8.06. The predicted molar refractivity (Wildman–Crippen MR) is 80.0 cm³/mol. The van der Waals surface area contributed by atoms with Crippen molar-refractivity contribution in [2.24, 2.45) is 0 Å². The Balaban J connectivity index is 2.59. The number of carbonyl (C=O) groups is 1. The van der Waals surface area contributed by atoms with E-state index in [0.717, 1.165) is 25.1 Å². The van der Waals surface area contributed by atoms with Crippen LogP contribution in [0.4, 0.5) is 0 Å². The summed E-state index contributed by atoms with van der Waals surface area (Å²) in [7, 11) is 1.65. The number of nitrogens with one attached hydrogen (secondary N) is 1. The van der Waals surface area contributed by atoms with Crippen molar-refractivity contribution >= 4 is 5.97 Å². The average Bonchev–Trinajstić information content (AvgIpc) is 2.45. The van der Waals surface area contributed by atoms with E-state index in [0.29, 0.717) is 13.0 Å². The van der Waals surface area contributed by atoms with E-state index in [-0.39, 0.29) is 12.0 Å². The van der Waals surface area contributed by atoms with Crippen LogP contribution in [-0.2, 0) is 16.0 Å². The highest BCUT2D eigenvalue weighted by Gasteiger charge is 2.14. The number of hydrogen-bond acceptors (Lipinski definition) is 4. The Bertz CT molecular complexity index is 389. The Labute approximate surface area is 121 Å². The molecule has 112 valence electrons. The van der Waals surface area contributed by atoms with Gasteiger partial charge in [-0.05, 0) is 44.0 Å². The van der Waals surface area contributed by atoms with E-state index in [1.807, 2.05) is 31.2 Å². The molecule has 0 aliphatic rings. The molecule has 1 unspecified atom stereocenters. The van der Waals surface area contributed by atoms with Gasteiger partial charge in [0, 0.05) is 6.04 Å². The standard InChI is InChI=1S/C16H25NO3/c1-4-10-17-14(12-16(18)20-5-2)11-13-6-8-15(19-3)9-7-13/h6-9,14,17H,4-5,10-12H2,1-3H3. The second-order valence-electron chi connectivity index (χ2n) is 4.71. The van der Waals surface area contributed by atoms with Crippen molar-refractivity contribution < 1.29 is 14.3 Å². The molecule has 0 heterocycles. The Morgan fingerprint density at radius 3 is 2.50 bits per heavy atom. The van der Waals surface area contributed by atoms with Crippen molar-refractivity contribution in [3.63, 3.8) is 0 Å². The van der Waals surface area contributed by atoms with Crippen LogP contribution in [0, 0.1) is 0 Å². The number of ether oxygens (including phenoxy) is 2. The minimum absolute atomic E-state index is 0.113. The van der Waals surface area contributed by atoms with Crippen LogP contribution < -0.4 is 10.1 Å². The van der Waals surface area contributed by atoms with Gasteiger partial charge in [0.2, 0.25) is 0 Å². The first-order valence-corrected chi connectivity index (χ1v) is 7.21. The molecule has 0 aliphatic heterocycles. The van der Waals surface area contributed by atoms with Gasteiger partial charge in [-0.2, -0.15) is 0 Å². The highest BCUT2D eigenvalue weighted by atomic mass is 16.5. The van der Waals surface area contributed by atoms with Crippen LogP contribution in [0.5, 0.6) is 5.75 Å². The summed E-state index contributed by atoms with van der Waals surface area (Å²) in [5.74, 6) is 0.701. The lowest BCUT2D eigenvalue weighted by atomic mass is 10.0. The van der Waals surface area contributed by atoms with E-state index in [4.69, 9.17) is 9.47 Å². The number of hydrogen-bond donors (Lipinski definition) is 1. The molecule has 20 heavy (non-hydrogen) atoms. The van der Waals surface area contributed by atoms with Gasteiger partial charge in [0.15, 0.2) is 0 Å². The van der Waals surface area contributed by atoms with E-state index >= 15 is 0 Å². The number of benzene rings is 1. The lowest BCUT2D eigenvalue weighted by Gasteiger charge is -2.18. The van der Waals surface area contributed by atoms with Crippen molar-refractivity contribution in [2.75, 3.05) is 20.3 Å². The van der Waals surface area contributed by atoms with Gasteiger partial charge in [-0.25, -0.2) is 0 Å². The summed E-state index contributed by atoms with van der Waals surface area (Å²) in [4.78, 5) is 11.6.